The molecule has 2 aromatic heterocycles. The Balaban J connectivity index is 1.74. The van der Waals surface area contributed by atoms with E-state index in [-0.39, 0.29) is 0 Å². The summed E-state index contributed by atoms with van der Waals surface area (Å²) >= 11 is 1.64. The quantitative estimate of drug-likeness (QED) is 0.869. The zero-order valence-electron chi connectivity index (χ0n) is 10.6. The number of aromatic nitrogens is 3. The molecule has 3 rings (SSSR count). The maximum atomic E-state index is 4.50. The second kappa shape index (κ2) is 5.10. The van der Waals surface area contributed by atoms with Crippen LogP contribution in [0.15, 0.2) is 17.1 Å². The summed E-state index contributed by atoms with van der Waals surface area (Å²) in [5, 5.41) is 10.1. The summed E-state index contributed by atoms with van der Waals surface area (Å²) in [6.07, 6.45) is 5.71. The minimum atomic E-state index is 0.719. The molecule has 0 aromatic carbocycles. The molecule has 0 aliphatic heterocycles. The Morgan fingerprint density at radius 2 is 2.39 bits per heavy atom. The van der Waals surface area contributed by atoms with Crippen molar-refractivity contribution in [3.05, 3.63) is 28.5 Å². The molecule has 0 unspecified atom stereocenters. The third-order valence-corrected chi connectivity index (χ3v) is 3.86. The fraction of sp³-hybridized carbons (Fsp3) is 0.538. The maximum absolute atomic E-state index is 4.50. The lowest BCUT2D eigenvalue weighted by molar-refractivity contribution is 0.575. The van der Waals surface area contributed by atoms with Crippen LogP contribution in [0.25, 0.3) is 0 Å². The van der Waals surface area contributed by atoms with Crippen molar-refractivity contribution in [1.82, 2.24) is 14.8 Å². The summed E-state index contributed by atoms with van der Waals surface area (Å²) in [6, 6.07) is 0. The number of hydrogen-bond acceptors (Lipinski definition) is 4. The van der Waals surface area contributed by atoms with Crippen LogP contribution in [0.5, 0.6) is 0 Å². The molecule has 0 bridgehead atoms. The molecule has 4 nitrogen and oxygen atoms in total. The van der Waals surface area contributed by atoms with E-state index in [2.05, 4.69) is 32.4 Å². The topological polar surface area (TPSA) is 42.7 Å². The van der Waals surface area contributed by atoms with E-state index in [1.165, 1.54) is 24.2 Å². The molecule has 1 saturated carbocycles. The highest BCUT2D eigenvalue weighted by Gasteiger charge is 2.30. The fourth-order valence-corrected chi connectivity index (χ4v) is 2.78. The molecule has 2 heterocycles. The monoisotopic (exact) mass is 262 g/mol. The first-order valence-corrected chi connectivity index (χ1v) is 7.49. The van der Waals surface area contributed by atoms with Gasteiger partial charge in [0.2, 0.25) is 0 Å². The molecule has 0 spiro atoms. The predicted octanol–water partition coefficient (Wildman–Crippen LogP) is 3.24. The summed E-state index contributed by atoms with van der Waals surface area (Å²) in [5.74, 6) is 0.719. The molecular weight excluding hydrogens is 244 g/mol. The van der Waals surface area contributed by atoms with Crippen molar-refractivity contribution in [2.24, 2.45) is 0 Å². The lowest BCUT2D eigenvalue weighted by Gasteiger charge is -2.08. The lowest BCUT2D eigenvalue weighted by Crippen LogP contribution is -2.06. The Kier molecular flexibility index (Phi) is 3.32. The first kappa shape index (κ1) is 11.7. The second-order valence-corrected chi connectivity index (χ2v) is 5.49. The number of anilines is 1. The van der Waals surface area contributed by atoms with Crippen LogP contribution in [-0.2, 0) is 13.1 Å². The van der Waals surface area contributed by atoms with Gasteiger partial charge < -0.3 is 5.32 Å². The van der Waals surface area contributed by atoms with Gasteiger partial charge in [-0.1, -0.05) is 6.92 Å². The van der Waals surface area contributed by atoms with Crippen molar-refractivity contribution >= 4 is 17.0 Å². The van der Waals surface area contributed by atoms with Gasteiger partial charge in [-0.05, 0) is 19.3 Å². The van der Waals surface area contributed by atoms with Gasteiger partial charge in [0.15, 0.2) is 0 Å². The Labute approximate surface area is 111 Å². The largest absolute Gasteiger partial charge is 0.377 e. The van der Waals surface area contributed by atoms with Gasteiger partial charge in [0.25, 0.3) is 0 Å². The smallest absolute Gasteiger partial charge is 0.0795 e. The normalized spacial score (nSPS) is 14.9. The average Bonchev–Trinajstić information content (AvgIpc) is 2.92. The van der Waals surface area contributed by atoms with Crippen molar-refractivity contribution in [3.8, 4) is 0 Å². The van der Waals surface area contributed by atoms with Crippen LogP contribution in [0.2, 0.25) is 0 Å². The Hall–Kier alpha value is -1.36. The predicted molar refractivity (Wildman–Crippen MR) is 73.9 cm³/mol. The summed E-state index contributed by atoms with van der Waals surface area (Å²) in [4.78, 5) is 4.29. The molecule has 1 fully saturated rings. The number of thiazole rings is 1. The zero-order valence-corrected chi connectivity index (χ0v) is 11.4. The highest BCUT2D eigenvalue weighted by atomic mass is 32.1. The Morgan fingerprint density at radius 3 is 3.06 bits per heavy atom. The van der Waals surface area contributed by atoms with Crippen LogP contribution in [-0.4, -0.2) is 14.8 Å². The van der Waals surface area contributed by atoms with Crippen LogP contribution in [0.3, 0.4) is 0 Å². The first-order valence-electron chi connectivity index (χ1n) is 6.55. The van der Waals surface area contributed by atoms with Gasteiger partial charge in [0.1, 0.15) is 0 Å². The maximum Gasteiger partial charge on any atom is 0.0795 e. The summed E-state index contributed by atoms with van der Waals surface area (Å²) in [6.45, 7) is 4.01. The number of nitrogens with one attached hydrogen (secondary N) is 1. The highest BCUT2D eigenvalue weighted by molar-refractivity contribution is 7.07. The number of nitrogens with zero attached hydrogens (tertiary/aromatic N) is 3. The van der Waals surface area contributed by atoms with Crippen molar-refractivity contribution in [2.75, 3.05) is 5.32 Å². The Morgan fingerprint density at radius 1 is 1.50 bits per heavy atom. The van der Waals surface area contributed by atoms with Crippen LogP contribution < -0.4 is 5.32 Å². The third kappa shape index (κ3) is 2.41. The van der Waals surface area contributed by atoms with Crippen molar-refractivity contribution in [3.63, 3.8) is 0 Å². The van der Waals surface area contributed by atoms with E-state index in [9.17, 15) is 0 Å². The van der Waals surface area contributed by atoms with Gasteiger partial charge in [-0.3, -0.25) is 4.68 Å². The average molecular weight is 262 g/mol. The van der Waals surface area contributed by atoms with E-state index in [0.717, 1.165) is 31.1 Å². The molecule has 1 aliphatic carbocycles. The minimum absolute atomic E-state index is 0.719. The zero-order chi connectivity index (χ0) is 12.4. The molecule has 0 radical (unpaired) electrons. The third-order valence-electron chi connectivity index (χ3n) is 3.22. The van der Waals surface area contributed by atoms with E-state index < -0.39 is 0 Å². The van der Waals surface area contributed by atoms with Crippen LogP contribution in [0.1, 0.15) is 43.5 Å². The van der Waals surface area contributed by atoms with E-state index in [1.807, 2.05) is 11.7 Å². The summed E-state index contributed by atoms with van der Waals surface area (Å²) in [7, 11) is 0. The standard InChI is InChI=1S/C13H18N4S/c1-2-5-17-13(10-3-4-10)12(7-16-17)14-6-11-8-18-9-15-11/h7-10,14H,2-6H2,1H3. The molecule has 0 atom stereocenters. The molecule has 1 N–H and O–H groups in total. The van der Waals surface area contributed by atoms with E-state index in [1.54, 1.807) is 11.3 Å². The highest BCUT2D eigenvalue weighted by Crippen LogP contribution is 2.43. The minimum Gasteiger partial charge on any atom is -0.377 e. The van der Waals surface area contributed by atoms with Gasteiger partial charge in [-0.15, -0.1) is 11.3 Å². The molecule has 2 aromatic rings. The van der Waals surface area contributed by atoms with Crippen LogP contribution in [0.4, 0.5) is 5.69 Å². The molecular formula is C13H18N4S. The van der Waals surface area contributed by atoms with Crippen LogP contribution >= 0.6 is 11.3 Å². The molecule has 18 heavy (non-hydrogen) atoms. The number of hydrogen-bond donors (Lipinski definition) is 1. The van der Waals surface area contributed by atoms with Gasteiger partial charge >= 0.3 is 0 Å². The van der Waals surface area contributed by atoms with E-state index >= 15 is 0 Å². The number of aryl methyl sites for hydroxylation is 1. The lowest BCUT2D eigenvalue weighted by atomic mass is 10.2. The van der Waals surface area contributed by atoms with E-state index in [4.69, 9.17) is 0 Å². The summed E-state index contributed by atoms with van der Waals surface area (Å²) in [5.41, 5.74) is 5.57. The molecule has 1 aliphatic rings. The molecule has 0 saturated heterocycles. The Bertz CT molecular complexity index is 499. The SMILES string of the molecule is CCCn1ncc(NCc2cscn2)c1C1CC1. The number of rotatable bonds is 6. The fourth-order valence-electron chi connectivity index (χ4n) is 2.22. The summed E-state index contributed by atoms with van der Waals surface area (Å²) < 4.78 is 2.17. The van der Waals surface area contributed by atoms with Crippen molar-refractivity contribution in [2.45, 2.75) is 45.2 Å². The van der Waals surface area contributed by atoms with Gasteiger partial charge in [0, 0.05) is 17.8 Å². The second-order valence-electron chi connectivity index (χ2n) is 4.77. The van der Waals surface area contributed by atoms with E-state index in [0.29, 0.717) is 0 Å². The molecule has 96 valence electrons. The molecule has 5 heteroatoms. The van der Waals surface area contributed by atoms with Crippen LogP contribution in [0, 0.1) is 0 Å². The van der Waals surface area contributed by atoms with Gasteiger partial charge in [0.05, 0.1) is 35.3 Å². The van der Waals surface area contributed by atoms with Gasteiger partial charge in [-0.2, -0.15) is 5.10 Å². The van der Waals surface area contributed by atoms with Crippen molar-refractivity contribution in [1.29, 1.82) is 0 Å². The molecule has 0 amide bonds. The van der Waals surface area contributed by atoms with Gasteiger partial charge in [-0.25, -0.2) is 4.98 Å². The van der Waals surface area contributed by atoms with Crippen molar-refractivity contribution < 1.29 is 0 Å². The first-order chi connectivity index (χ1) is 8.88.